The molecule has 9 heteroatoms. The Labute approximate surface area is 179 Å². The van der Waals surface area contributed by atoms with Crippen molar-refractivity contribution in [2.24, 2.45) is 17.8 Å². The molecule has 1 unspecified atom stereocenters. The summed E-state index contributed by atoms with van der Waals surface area (Å²) in [4.78, 5) is 11.6. The lowest BCUT2D eigenvalue weighted by Gasteiger charge is -2.31. The molecule has 1 aliphatic carbocycles. The summed E-state index contributed by atoms with van der Waals surface area (Å²) < 4.78 is 27.8. The fourth-order valence-electron chi connectivity index (χ4n) is 4.27. The van der Waals surface area contributed by atoms with Crippen LogP contribution in [0.2, 0.25) is 0 Å². The van der Waals surface area contributed by atoms with Crippen LogP contribution in [0.1, 0.15) is 38.5 Å². The SMILES string of the molecule is CCOCc1nc(N2CCC([C@H]3C[C@H]3CCOc3ccc(S(C)=O)cn3)CC2)no1. The molecule has 0 aromatic carbocycles. The molecule has 2 aromatic heterocycles. The van der Waals surface area contributed by atoms with Crippen LogP contribution in [0.5, 0.6) is 5.88 Å². The molecule has 1 aliphatic heterocycles. The lowest BCUT2D eigenvalue weighted by atomic mass is 9.90. The lowest BCUT2D eigenvalue weighted by Crippen LogP contribution is -2.35. The van der Waals surface area contributed by atoms with Crippen molar-refractivity contribution < 1.29 is 18.2 Å². The largest absolute Gasteiger partial charge is 0.478 e. The molecule has 0 bridgehead atoms. The Hall–Kier alpha value is -2.00. The summed E-state index contributed by atoms with van der Waals surface area (Å²) in [6.45, 7) is 5.61. The van der Waals surface area contributed by atoms with Gasteiger partial charge in [0.1, 0.15) is 6.61 Å². The van der Waals surface area contributed by atoms with Gasteiger partial charge in [0.25, 0.3) is 11.8 Å². The van der Waals surface area contributed by atoms with Gasteiger partial charge in [0, 0.05) is 38.2 Å². The Morgan fingerprint density at radius 1 is 1.30 bits per heavy atom. The Morgan fingerprint density at radius 3 is 2.83 bits per heavy atom. The van der Waals surface area contributed by atoms with Gasteiger partial charge >= 0.3 is 0 Å². The zero-order chi connectivity index (χ0) is 20.9. The molecule has 8 nitrogen and oxygen atoms in total. The van der Waals surface area contributed by atoms with Gasteiger partial charge in [-0.3, -0.25) is 4.21 Å². The van der Waals surface area contributed by atoms with Gasteiger partial charge in [-0.25, -0.2) is 4.98 Å². The first-order valence-electron chi connectivity index (χ1n) is 10.7. The quantitative estimate of drug-likeness (QED) is 0.564. The molecule has 164 valence electrons. The van der Waals surface area contributed by atoms with Gasteiger partial charge in [0.2, 0.25) is 5.88 Å². The van der Waals surface area contributed by atoms with E-state index in [-0.39, 0.29) is 0 Å². The summed E-state index contributed by atoms with van der Waals surface area (Å²) in [6.07, 6.45) is 8.00. The number of anilines is 1. The molecule has 0 N–H and O–H groups in total. The van der Waals surface area contributed by atoms with Crippen molar-refractivity contribution in [3.05, 3.63) is 24.2 Å². The fourth-order valence-corrected chi connectivity index (χ4v) is 4.73. The standard InChI is InChI=1S/C21H30N4O4S/c1-3-27-14-20-23-21(24-29-20)25-9-6-15(7-10-25)18-12-16(18)8-11-28-19-5-4-17(13-22-19)30(2)26/h4-5,13,15-16,18H,3,6-12,14H2,1-2H3/t16-,18-,30?/m1/s1. The van der Waals surface area contributed by atoms with Crippen LogP contribution >= 0.6 is 0 Å². The summed E-state index contributed by atoms with van der Waals surface area (Å²) >= 11 is 0. The van der Waals surface area contributed by atoms with E-state index in [2.05, 4.69) is 20.0 Å². The van der Waals surface area contributed by atoms with Crippen molar-refractivity contribution in [1.82, 2.24) is 15.1 Å². The first-order valence-corrected chi connectivity index (χ1v) is 12.3. The minimum Gasteiger partial charge on any atom is -0.478 e. The number of aromatic nitrogens is 3. The zero-order valence-corrected chi connectivity index (χ0v) is 18.5. The summed E-state index contributed by atoms with van der Waals surface area (Å²) in [5.41, 5.74) is 0. The molecule has 4 rings (SSSR count). The maximum atomic E-state index is 11.4. The highest BCUT2D eigenvalue weighted by Gasteiger charge is 2.43. The van der Waals surface area contributed by atoms with E-state index in [1.54, 1.807) is 18.5 Å². The molecule has 3 heterocycles. The van der Waals surface area contributed by atoms with Crippen LogP contribution in [-0.4, -0.2) is 51.9 Å². The first-order chi connectivity index (χ1) is 14.6. The molecular formula is C21H30N4O4S. The molecular weight excluding hydrogens is 404 g/mol. The minimum absolute atomic E-state index is 0.379. The van der Waals surface area contributed by atoms with Crippen molar-refractivity contribution in [2.45, 2.75) is 44.1 Å². The van der Waals surface area contributed by atoms with Gasteiger partial charge in [0.15, 0.2) is 0 Å². The van der Waals surface area contributed by atoms with E-state index >= 15 is 0 Å². The van der Waals surface area contributed by atoms with Gasteiger partial charge in [-0.1, -0.05) is 0 Å². The Kier molecular flexibility index (Phi) is 6.99. The average Bonchev–Trinajstić information content (AvgIpc) is 3.38. The molecule has 1 saturated carbocycles. The molecule has 30 heavy (non-hydrogen) atoms. The van der Waals surface area contributed by atoms with E-state index in [0.717, 1.165) is 42.2 Å². The second kappa shape index (κ2) is 9.87. The smallest absolute Gasteiger partial charge is 0.266 e. The van der Waals surface area contributed by atoms with Crippen molar-refractivity contribution >= 4 is 16.7 Å². The van der Waals surface area contributed by atoms with E-state index < -0.39 is 10.8 Å². The molecule has 2 aliphatic rings. The number of hydrogen-bond acceptors (Lipinski definition) is 8. The van der Waals surface area contributed by atoms with Gasteiger partial charge in [-0.2, -0.15) is 4.98 Å². The van der Waals surface area contributed by atoms with Gasteiger partial charge in [-0.05, 0) is 61.6 Å². The molecule has 2 aromatic rings. The van der Waals surface area contributed by atoms with Crippen LogP contribution in [0.25, 0.3) is 0 Å². The van der Waals surface area contributed by atoms with Crippen LogP contribution in [-0.2, 0) is 22.1 Å². The average molecular weight is 435 g/mol. The summed E-state index contributed by atoms with van der Waals surface area (Å²) in [5.74, 6) is 4.19. The number of hydrogen-bond donors (Lipinski definition) is 0. The van der Waals surface area contributed by atoms with E-state index in [1.807, 2.05) is 13.0 Å². The first kappa shape index (κ1) is 21.2. The Morgan fingerprint density at radius 2 is 2.13 bits per heavy atom. The van der Waals surface area contributed by atoms with Crippen molar-refractivity contribution in [1.29, 1.82) is 0 Å². The number of ether oxygens (including phenoxy) is 2. The van der Waals surface area contributed by atoms with Gasteiger partial charge in [-0.15, -0.1) is 0 Å². The maximum absolute atomic E-state index is 11.4. The predicted molar refractivity (Wildman–Crippen MR) is 113 cm³/mol. The molecule has 1 saturated heterocycles. The summed E-state index contributed by atoms with van der Waals surface area (Å²) in [5, 5.41) is 4.10. The van der Waals surface area contributed by atoms with Crippen molar-refractivity contribution in [2.75, 3.05) is 37.5 Å². The second-order valence-electron chi connectivity index (χ2n) is 8.03. The topological polar surface area (TPSA) is 90.6 Å². The molecule has 0 radical (unpaired) electrons. The molecule has 3 atom stereocenters. The van der Waals surface area contributed by atoms with Crippen LogP contribution in [0.3, 0.4) is 0 Å². The third-order valence-corrected chi connectivity index (χ3v) is 6.98. The van der Waals surface area contributed by atoms with E-state index in [0.29, 0.717) is 37.5 Å². The second-order valence-corrected chi connectivity index (χ2v) is 9.41. The van der Waals surface area contributed by atoms with Crippen LogP contribution in [0.15, 0.2) is 27.7 Å². The zero-order valence-electron chi connectivity index (χ0n) is 17.7. The van der Waals surface area contributed by atoms with Crippen LogP contribution in [0.4, 0.5) is 5.95 Å². The summed E-state index contributed by atoms with van der Waals surface area (Å²) in [6, 6.07) is 3.62. The number of pyridine rings is 1. The predicted octanol–water partition coefficient (Wildman–Crippen LogP) is 3.06. The van der Waals surface area contributed by atoms with E-state index in [1.165, 1.54) is 19.3 Å². The number of nitrogens with zero attached hydrogens (tertiary/aromatic N) is 4. The van der Waals surface area contributed by atoms with Crippen LogP contribution in [0, 0.1) is 17.8 Å². The third-order valence-electron chi connectivity index (χ3n) is 6.07. The van der Waals surface area contributed by atoms with Gasteiger partial charge in [0.05, 0.1) is 22.3 Å². The minimum atomic E-state index is -1.00. The highest BCUT2D eigenvalue weighted by Crippen LogP contribution is 2.49. The molecule has 0 spiro atoms. The normalized spacial score (nSPS) is 22.8. The number of piperidine rings is 1. The Balaban J connectivity index is 1.15. The van der Waals surface area contributed by atoms with Gasteiger partial charge < -0.3 is 18.9 Å². The lowest BCUT2D eigenvalue weighted by molar-refractivity contribution is 0.109. The highest BCUT2D eigenvalue weighted by molar-refractivity contribution is 7.84. The Bertz CT molecular complexity index is 836. The molecule has 0 amide bonds. The number of rotatable bonds is 10. The fraction of sp³-hybridized carbons (Fsp3) is 0.667. The van der Waals surface area contributed by atoms with Crippen molar-refractivity contribution in [3.63, 3.8) is 0 Å². The van der Waals surface area contributed by atoms with E-state index in [4.69, 9.17) is 14.0 Å². The summed E-state index contributed by atoms with van der Waals surface area (Å²) in [7, 11) is -1.00. The monoisotopic (exact) mass is 434 g/mol. The third kappa shape index (κ3) is 5.37. The molecule has 2 fully saturated rings. The highest BCUT2D eigenvalue weighted by atomic mass is 32.2. The van der Waals surface area contributed by atoms with Crippen molar-refractivity contribution in [3.8, 4) is 5.88 Å². The van der Waals surface area contributed by atoms with Crippen LogP contribution < -0.4 is 9.64 Å². The van der Waals surface area contributed by atoms with E-state index in [9.17, 15) is 4.21 Å². The maximum Gasteiger partial charge on any atom is 0.266 e.